The van der Waals surface area contributed by atoms with Crippen molar-refractivity contribution in [3.63, 3.8) is 0 Å². The first-order chi connectivity index (χ1) is 32.6. The molecule has 10 rings (SSSR count). The molecule has 3 heterocycles. The summed E-state index contributed by atoms with van der Waals surface area (Å²) in [6.45, 7) is 6.86. The molecule has 0 saturated carbocycles. The Bertz CT molecular complexity index is 2500. The molecule has 7 aromatic rings. The number of benzene rings is 7. The van der Waals surface area contributed by atoms with E-state index in [2.05, 4.69) is 203 Å². The van der Waals surface area contributed by atoms with E-state index in [-0.39, 0.29) is 36.4 Å². The second-order valence-corrected chi connectivity index (χ2v) is 17.4. The Morgan fingerprint density at radius 1 is 0.288 bits per heavy atom. The summed E-state index contributed by atoms with van der Waals surface area (Å²) in [6.07, 6.45) is 3.53. The third-order valence-corrected chi connectivity index (χ3v) is 13.5. The van der Waals surface area contributed by atoms with Gasteiger partial charge in [-0.15, -0.1) is 0 Å². The Balaban J connectivity index is 1.10. The number of hydrogen-bond donors (Lipinski definition) is 0. The third kappa shape index (κ3) is 8.72. The molecule has 3 aliphatic heterocycles. The molecule has 0 aliphatic carbocycles. The van der Waals surface area contributed by atoms with Crippen molar-refractivity contribution in [1.82, 2.24) is 0 Å². The molecule has 0 fully saturated rings. The highest BCUT2D eigenvalue weighted by Gasteiger charge is 2.38. The molecule has 0 unspecified atom stereocenters. The number of nitrogens with zero attached hydrogens (tertiary/aromatic N) is 3. The molecule has 7 aromatic carbocycles. The maximum absolute atomic E-state index is 7.03. The quantitative estimate of drug-likeness (QED) is 0.103. The van der Waals surface area contributed by atoms with E-state index >= 15 is 0 Å². The molecule has 6 heteroatoms. The summed E-state index contributed by atoms with van der Waals surface area (Å²) in [5, 5.41) is 0. The molecule has 6 nitrogen and oxygen atoms in total. The van der Waals surface area contributed by atoms with Gasteiger partial charge in [0.25, 0.3) is 0 Å². The van der Waals surface area contributed by atoms with Crippen LogP contribution in [0.15, 0.2) is 197 Å². The van der Waals surface area contributed by atoms with E-state index in [1.54, 1.807) is 0 Å². The van der Waals surface area contributed by atoms with Crippen molar-refractivity contribution in [2.45, 2.75) is 95.7 Å². The topological polar surface area (TPSA) is 64.8 Å². The molecule has 0 spiro atoms. The number of rotatable bonds is 15. The van der Waals surface area contributed by atoms with Gasteiger partial charge in [0.1, 0.15) is 18.1 Å². The van der Waals surface area contributed by atoms with E-state index < -0.39 is 0 Å². The van der Waals surface area contributed by atoms with Gasteiger partial charge in [0.15, 0.2) is 36.0 Å². The molecule has 0 N–H and O–H groups in total. The van der Waals surface area contributed by atoms with Gasteiger partial charge in [-0.2, -0.15) is 0 Å². The Morgan fingerprint density at radius 2 is 0.500 bits per heavy atom. The number of hydrogen-bond acceptors (Lipinski definition) is 6. The van der Waals surface area contributed by atoms with Crippen molar-refractivity contribution < 1.29 is 14.2 Å². The molecular weight excluding hydrogens is 811 g/mol. The Morgan fingerprint density at radius 3 is 0.712 bits per heavy atom. The maximum atomic E-state index is 7.03. The van der Waals surface area contributed by atoms with Crippen LogP contribution in [0.1, 0.15) is 124 Å². The van der Waals surface area contributed by atoms with Crippen LogP contribution in [0, 0.1) is 0 Å². The van der Waals surface area contributed by atoms with E-state index in [0.29, 0.717) is 19.3 Å². The lowest BCUT2D eigenvalue weighted by molar-refractivity contribution is 0.192. The second-order valence-electron chi connectivity index (χ2n) is 17.4. The van der Waals surface area contributed by atoms with Gasteiger partial charge in [0, 0.05) is 19.3 Å². The van der Waals surface area contributed by atoms with Crippen molar-refractivity contribution in [3.05, 3.63) is 249 Å². The van der Waals surface area contributed by atoms with Crippen LogP contribution in [0.25, 0.3) is 0 Å². The van der Waals surface area contributed by atoms with Crippen molar-refractivity contribution in [2.24, 2.45) is 15.0 Å². The van der Waals surface area contributed by atoms with Gasteiger partial charge in [-0.05, 0) is 86.0 Å². The van der Waals surface area contributed by atoms with Gasteiger partial charge in [0.05, 0.1) is 0 Å². The minimum atomic E-state index is -0.232. The molecule has 0 aromatic heterocycles. The lowest BCUT2D eigenvalue weighted by atomic mass is 9.80. The zero-order valence-corrected chi connectivity index (χ0v) is 38.1. The van der Waals surface area contributed by atoms with Crippen LogP contribution in [-0.2, 0) is 52.7 Å². The first kappa shape index (κ1) is 42.9. The van der Waals surface area contributed by atoms with Gasteiger partial charge in [-0.25, -0.2) is 15.0 Å². The Kier molecular flexibility index (Phi) is 12.7. The predicted octanol–water partition coefficient (Wildman–Crippen LogP) is 13.7. The monoisotopic (exact) mass is 867 g/mol. The lowest BCUT2D eigenvalue weighted by Crippen LogP contribution is -2.20. The first-order valence-corrected chi connectivity index (χ1v) is 23.8. The van der Waals surface area contributed by atoms with Crippen LogP contribution < -0.4 is 0 Å². The summed E-state index contributed by atoms with van der Waals surface area (Å²) in [5.74, 6) is 2.27. The normalized spacial score (nSPS) is 21.0. The molecule has 3 aliphatic rings. The van der Waals surface area contributed by atoms with Gasteiger partial charge in [-0.3, -0.25) is 0 Å². The smallest absolute Gasteiger partial charge is 0.189 e. The minimum Gasteiger partial charge on any atom is -0.470 e. The van der Waals surface area contributed by atoms with E-state index in [1.165, 1.54) is 33.4 Å². The van der Waals surface area contributed by atoms with Crippen LogP contribution in [0.5, 0.6) is 0 Å². The molecule has 0 bridgehead atoms. The summed E-state index contributed by atoms with van der Waals surface area (Å²) < 4.78 is 21.1. The highest BCUT2D eigenvalue weighted by atomic mass is 16.5. The van der Waals surface area contributed by atoms with Crippen LogP contribution in [0.2, 0.25) is 0 Å². The highest BCUT2D eigenvalue weighted by Crippen LogP contribution is 2.45. The van der Waals surface area contributed by atoms with E-state index in [9.17, 15) is 0 Å². The Labute approximate surface area is 389 Å². The van der Waals surface area contributed by atoms with E-state index in [4.69, 9.17) is 29.2 Å². The fourth-order valence-corrected chi connectivity index (χ4v) is 10.5. The predicted molar refractivity (Wildman–Crippen MR) is 266 cm³/mol. The average molecular weight is 868 g/mol. The maximum Gasteiger partial charge on any atom is 0.189 e. The van der Waals surface area contributed by atoms with Crippen LogP contribution in [0.4, 0.5) is 0 Å². The van der Waals surface area contributed by atoms with E-state index in [0.717, 1.165) is 70.3 Å². The molecular formula is C60H57N3O3. The lowest BCUT2D eigenvalue weighted by Gasteiger charge is -2.26. The number of aliphatic imine (C=N–C) groups is 3. The second kappa shape index (κ2) is 19.6. The van der Waals surface area contributed by atoms with Crippen molar-refractivity contribution >= 4 is 17.7 Å². The average Bonchev–Trinajstić information content (AvgIpc) is 4.14. The largest absolute Gasteiger partial charge is 0.470 e. The van der Waals surface area contributed by atoms with Crippen molar-refractivity contribution in [1.29, 1.82) is 0 Å². The summed E-state index contributed by atoms with van der Waals surface area (Å²) in [5.41, 5.74) is 14.6. The van der Waals surface area contributed by atoms with Crippen LogP contribution >= 0.6 is 0 Å². The molecule has 0 amide bonds. The summed E-state index contributed by atoms with van der Waals surface area (Å²) >= 11 is 0. The van der Waals surface area contributed by atoms with Gasteiger partial charge in [-0.1, -0.05) is 203 Å². The SMILES string of the molecule is CCc1c(CC2=N[C@@H](c3ccccc3)[C@H](c3ccccc3)O2)c(CC)c(CC2=N[C@@H](c3ccccc3)[C@H](c3ccccc3)O2)c(CC)c1CC1=N[C@@H](c2ccccc2)[C@H](c2ccccc2)O1. The van der Waals surface area contributed by atoms with E-state index in [1.807, 2.05) is 0 Å². The van der Waals surface area contributed by atoms with Crippen molar-refractivity contribution in [2.75, 3.05) is 0 Å². The third-order valence-electron chi connectivity index (χ3n) is 13.5. The summed E-state index contributed by atoms with van der Waals surface area (Å²) in [7, 11) is 0. The van der Waals surface area contributed by atoms with Crippen molar-refractivity contribution in [3.8, 4) is 0 Å². The zero-order valence-electron chi connectivity index (χ0n) is 38.1. The van der Waals surface area contributed by atoms with Gasteiger partial charge < -0.3 is 14.2 Å². The fourth-order valence-electron chi connectivity index (χ4n) is 10.5. The standard InChI is InChI=1S/C60H57N3O3/c1-4-46-49(37-52-61-55(40-25-13-7-14-26-40)58(64-52)43-31-19-10-20-32-43)47(5-2)51(39-54-63-57(42-29-17-9-18-30-42)60(66-54)45-35-23-12-24-36-45)48(6-3)50(46)38-53-62-56(41-27-15-8-16-28-41)59(65-53)44-33-21-11-22-34-44/h7-36,55-60H,4-6,37-39H2,1-3H3/t55-,56-,57-,58-,59-,60-/m0/s1. The minimum absolute atomic E-state index is 0.162. The molecule has 66 heavy (non-hydrogen) atoms. The highest BCUT2D eigenvalue weighted by molar-refractivity contribution is 5.87. The fraction of sp³-hybridized carbons (Fsp3) is 0.250. The van der Waals surface area contributed by atoms with Gasteiger partial charge in [0.2, 0.25) is 0 Å². The Hall–Kier alpha value is -7.05. The summed E-state index contributed by atoms with van der Waals surface area (Å²) in [4.78, 5) is 16.3. The number of ether oxygens (including phenoxy) is 3. The zero-order chi connectivity index (χ0) is 44.8. The van der Waals surface area contributed by atoms with Gasteiger partial charge >= 0.3 is 0 Å². The molecule has 0 saturated heterocycles. The molecule has 330 valence electrons. The van der Waals surface area contributed by atoms with Crippen LogP contribution in [0.3, 0.4) is 0 Å². The molecule has 0 radical (unpaired) electrons. The summed E-state index contributed by atoms with van der Waals surface area (Å²) in [6, 6.07) is 62.9. The molecule has 6 atom stereocenters. The van der Waals surface area contributed by atoms with Crippen LogP contribution in [-0.4, -0.2) is 17.7 Å². The first-order valence-electron chi connectivity index (χ1n) is 23.8.